The topological polar surface area (TPSA) is 90.9 Å². The van der Waals surface area contributed by atoms with Gasteiger partial charge in [0.1, 0.15) is 0 Å². The Bertz CT molecular complexity index is 975. The molecule has 1 unspecified atom stereocenters. The van der Waals surface area contributed by atoms with Gasteiger partial charge in [0, 0.05) is 22.8 Å². The summed E-state index contributed by atoms with van der Waals surface area (Å²) in [6.07, 6.45) is 3.70. The first-order valence-electron chi connectivity index (χ1n) is 9.44. The number of carbonyl (C=O) groups excluding carboxylic acids is 1. The Morgan fingerprint density at radius 1 is 1.37 bits per heavy atom. The molecule has 1 amide bonds. The molecule has 140 valence electrons. The third-order valence-electron chi connectivity index (χ3n) is 5.56. The first-order valence-corrected chi connectivity index (χ1v) is 9.44. The molecule has 1 aliphatic carbocycles. The van der Waals surface area contributed by atoms with E-state index >= 15 is 0 Å². The molecule has 0 spiro atoms. The highest BCUT2D eigenvalue weighted by Crippen LogP contribution is 2.38. The summed E-state index contributed by atoms with van der Waals surface area (Å²) in [6, 6.07) is 9.81. The number of nitrogens with zero attached hydrogens (tertiary/aromatic N) is 2. The molecular weight excluding hydrogens is 340 g/mol. The molecule has 3 aromatic rings. The van der Waals surface area contributed by atoms with Gasteiger partial charge in [-0.25, -0.2) is 0 Å². The predicted molar refractivity (Wildman–Crippen MR) is 103 cm³/mol. The van der Waals surface area contributed by atoms with E-state index in [1.165, 1.54) is 0 Å². The van der Waals surface area contributed by atoms with Gasteiger partial charge in [0.25, 0.3) is 5.91 Å². The van der Waals surface area contributed by atoms with Gasteiger partial charge < -0.3 is 10.4 Å². The fourth-order valence-corrected chi connectivity index (χ4v) is 3.84. The van der Waals surface area contributed by atoms with Gasteiger partial charge in [-0.3, -0.25) is 14.9 Å². The fourth-order valence-electron chi connectivity index (χ4n) is 3.84. The Morgan fingerprint density at radius 2 is 2.15 bits per heavy atom. The highest BCUT2D eigenvalue weighted by molar-refractivity contribution is 5.94. The molecule has 27 heavy (non-hydrogen) atoms. The van der Waals surface area contributed by atoms with Crippen LogP contribution in [0.3, 0.4) is 0 Å². The molecule has 3 N–H and O–H groups in total. The molecule has 6 nitrogen and oxygen atoms in total. The van der Waals surface area contributed by atoms with E-state index in [1.54, 1.807) is 0 Å². The highest BCUT2D eigenvalue weighted by Gasteiger charge is 2.36. The van der Waals surface area contributed by atoms with Gasteiger partial charge in [0.2, 0.25) is 0 Å². The molecule has 0 radical (unpaired) electrons. The van der Waals surface area contributed by atoms with E-state index in [-0.39, 0.29) is 24.0 Å². The number of nitrogens with one attached hydrogen (secondary N) is 2. The minimum Gasteiger partial charge on any atom is -0.393 e. The molecule has 1 fully saturated rings. The summed E-state index contributed by atoms with van der Waals surface area (Å²) in [5.74, 6) is -0.000181. The van der Waals surface area contributed by atoms with Gasteiger partial charge in [-0.1, -0.05) is 25.1 Å². The van der Waals surface area contributed by atoms with Crippen LogP contribution in [-0.4, -0.2) is 32.3 Å². The quantitative estimate of drug-likeness (QED) is 0.649. The minimum atomic E-state index is -0.290. The summed E-state index contributed by atoms with van der Waals surface area (Å²) in [6.45, 7) is 3.94. The summed E-state index contributed by atoms with van der Waals surface area (Å²) in [7, 11) is 0. The van der Waals surface area contributed by atoms with Crippen LogP contribution in [-0.2, 0) is 6.42 Å². The molecule has 1 aliphatic rings. The molecule has 2 aromatic heterocycles. The molecule has 1 aromatic carbocycles. The average Bonchev–Trinajstić information content (AvgIpc) is 3.04. The number of aromatic nitrogens is 3. The number of H-pyrrole nitrogens is 1. The SMILES string of the molecule is CCc1[nH]nc(C(=O)NC(c2cnc3ccccc3c2)C2CC(O)C2)c1C. The normalized spacial score (nSPS) is 20.3. The molecule has 4 rings (SSSR count). The molecule has 1 saturated carbocycles. The van der Waals surface area contributed by atoms with E-state index in [1.807, 2.05) is 44.3 Å². The Morgan fingerprint density at radius 3 is 2.85 bits per heavy atom. The lowest BCUT2D eigenvalue weighted by Crippen LogP contribution is -2.41. The van der Waals surface area contributed by atoms with Crippen molar-refractivity contribution in [3.05, 3.63) is 59.0 Å². The summed E-state index contributed by atoms with van der Waals surface area (Å²) < 4.78 is 0. The molecule has 0 saturated heterocycles. The van der Waals surface area contributed by atoms with Crippen LogP contribution < -0.4 is 5.32 Å². The van der Waals surface area contributed by atoms with Gasteiger partial charge in [-0.2, -0.15) is 5.10 Å². The Labute approximate surface area is 158 Å². The number of pyridine rings is 1. The summed E-state index contributed by atoms with van der Waals surface area (Å²) in [5, 5.41) is 21.1. The number of hydrogen-bond acceptors (Lipinski definition) is 4. The van der Waals surface area contributed by atoms with Crippen molar-refractivity contribution >= 4 is 16.8 Å². The number of fused-ring (bicyclic) bond motifs is 1. The number of aryl methyl sites for hydroxylation is 1. The van der Waals surface area contributed by atoms with Gasteiger partial charge >= 0.3 is 0 Å². The average molecular weight is 364 g/mol. The number of carbonyl (C=O) groups is 1. The monoisotopic (exact) mass is 364 g/mol. The molecule has 0 bridgehead atoms. The third-order valence-corrected chi connectivity index (χ3v) is 5.56. The van der Waals surface area contributed by atoms with Crippen LogP contribution in [0, 0.1) is 12.8 Å². The van der Waals surface area contributed by atoms with Gasteiger partial charge in [-0.05, 0) is 49.8 Å². The van der Waals surface area contributed by atoms with Crippen LogP contribution in [0.4, 0.5) is 0 Å². The van der Waals surface area contributed by atoms with E-state index in [4.69, 9.17) is 0 Å². The maximum Gasteiger partial charge on any atom is 0.272 e. The van der Waals surface area contributed by atoms with Crippen molar-refractivity contribution in [1.29, 1.82) is 0 Å². The second kappa shape index (κ2) is 7.12. The molecule has 2 heterocycles. The largest absolute Gasteiger partial charge is 0.393 e. The highest BCUT2D eigenvalue weighted by atomic mass is 16.3. The van der Waals surface area contributed by atoms with Gasteiger partial charge in [0.05, 0.1) is 17.7 Å². The lowest BCUT2D eigenvalue weighted by atomic mass is 9.75. The van der Waals surface area contributed by atoms with Gasteiger partial charge in [-0.15, -0.1) is 0 Å². The predicted octanol–water partition coefficient (Wildman–Crippen LogP) is 3.07. The van der Waals surface area contributed by atoms with Crippen molar-refractivity contribution in [3.63, 3.8) is 0 Å². The number of amides is 1. The number of aliphatic hydroxyl groups is 1. The Kier molecular flexibility index (Phi) is 4.66. The molecule has 1 atom stereocenters. The standard InChI is InChI=1S/C21H24N4O2/c1-3-17-12(2)19(25-24-17)21(27)23-20(14-9-16(26)10-14)15-8-13-6-4-5-7-18(13)22-11-15/h4-8,11,14,16,20,26H,3,9-10H2,1-2H3,(H,23,27)(H,24,25). The van der Waals surface area contributed by atoms with Crippen LogP contribution in [0.25, 0.3) is 10.9 Å². The van der Waals surface area contributed by atoms with Crippen LogP contribution in [0.5, 0.6) is 0 Å². The lowest BCUT2D eigenvalue weighted by molar-refractivity contribution is 0.0234. The Balaban J connectivity index is 1.64. The molecule has 0 aliphatic heterocycles. The first kappa shape index (κ1) is 17.7. The lowest BCUT2D eigenvalue weighted by Gasteiger charge is -2.38. The van der Waals surface area contributed by atoms with Crippen molar-refractivity contribution in [2.24, 2.45) is 5.92 Å². The second-order valence-corrected chi connectivity index (χ2v) is 7.33. The fraction of sp³-hybridized carbons (Fsp3) is 0.381. The van der Waals surface area contributed by atoms with E-state index in [2.05, 4.69) is 26.6 Å². The third kappa shape index (κ3) is 3.32. The number of rotatable bonds is 5. The number of hydrogen-bond donors (Lipinski definition) is 3. The van der Waals surface area contributed by atoms with Crippen LogP contribution in [0.15, 0.2) is 36.5 Å². The zero-order valence-electron chi connectivity index (χ0n) is 15.6. The smallest absolute Gasteiger partial charge is 0.272 e. The number of aromatic amines is 1. The minimum absolute atomic E-state index is 0.191. The molecule has 6 heteroatoms. The van der Waals surface area contributed by atoms with Crippen molar-refractivity contribution in [3.8, 4) is 0 Å². The summed E-state index contributed by atoms with van der Waals surface area (Å²) in [4.78, 5) is 17.4. The van der Waals surface area contributed by atoms with E-state index < -0.39 is 0 Å². The number of aliphatic hydroxyl groups excluding tert-OH is 1. The first-order chi connectivity index (χ1) is 13.1. The van der Waals surface area contributed by atoms with Crippen molar-refractivity contribution in [1.82, 2.24) is 20.5 Å². The van der Waals surface area contributed by atoms with Crippen LogP contribution >= 0.6 is 0 Å². The maximum atomic E-state index is 12.9. The summed E-state index contributed by atoms with van der Waals surface area (Å²) in [5.41, 5.74) is 4.19. The summed E-state index contributed by atoms with van der Waals surface area (Å²) >= 11 is 0. The Hall–Kier alpha value is -2.73. The van der Waals surface area contributed by atoms with Gasteiger partial charge in [0.15, 0.2) is 5.69 Å². The zero-order chi connectivity index (χ0) is 19.0. The van der Waals surface area contributed by atoms with Crippen LogP contribution in [0.1, 0.15) is 53.1 Å². The zero-order valence-corrected chi connectivity index (χ0v) is 15.6. The van der Waals surface area contributed by atoms with Crippen molar-refractivity contribution in [2.45, 2.75) is 45.3 Å². The van der Waals surface area contributed by atoms with E-state index in [0.29, 0.717) is 18.5 Å². The number of benzene rings is 1. The van der Waals surface area contributed by atoms with E-state index in [9.17, 15) is 9.90 Å². The molecular formula is C21H24N4O2. The van der Waals surface area contributed by atoms with E-state index in [0.717, 1.165) is 34.1 Å². The second-order valence-electron chi connectivity index (χ2n) is 7.33. The maximum absolute atomic E-state index is 12.9. The number of para-hydroxylation sites is 1. The van der Waals surface area contributed by atoms with Crippen molar-refractivity contribution in [2.75, 3.05) is 0 Å². The van der Waals surface area contributed by atoms with Crippen LogP contribution in [0.2, 0.25) is 0 Å². The van der Waals surface area contributed by atoms with Crippen molar-refractivity contribution < 1.29 is 9.90 Å².